The van der Waals surface area contributed by atoms with E-state index in [2.05, 4.69) is 15.2 Å². The fourth-order valence-electron chi connectivity index (χ4n) is 5.35. The Labute approximate surface area is 233 Å². The normalized spacial score (nSPS) is 19.8. The van der Waals surface area contributed by atoms with Gasteiger partial charge in [0.1, 0.15) is 23.8 Å². The zero-order valence-electron chi connectivity index (χ0n) is 22.1. The lowest BCUT2D eigenvalue weighted by Gasteiger charge is -2.36. The number of rotatable bonds is 7. The molecule has 41 heavy (non-hydrogen) atoms. The molecule has 0 unspecified atom stereocenters. The highest BCUT2D eigenvalue weighted by Crippen LogP contribution is 2.38. The number of piperazine rings is 1. The standard InChI is InChI=1S/C28H29F4N5O4/c29-19-2-8-24-18(15-19)1-10-26(34-24)35-11-13-36(14-12-35)27(38)17-41-22-6-3-20(4-7-22)33-21-5-9-25(37(39)40)23(16-21)28(30,31)32/h1-2,5,8-10,15-16,20,22,33H,3-4,6-7,11-14,17H2. The molecule has 2 aliphatic rings. The molecule has 2 heterocycles. The number of hydrogen-bond donors (Lipinski definition) is 1. The Morgan fingerprint density at radius 2 is 1.76 bits per heavy atom. The minimum absolute atomic E-state index is 0.0418. The van der Waals surface area contributed by atoms with Crippen molar-refractivity contribution in [1.82, 2.24) is 9.88 Å². The van der Waals surface area contributed by atoms with Crippen LogP contribution in [0.5, 0.6) is 0 Å². The number of nitro groups is 1. The van der Waals surface area contributed by atoms with Gasteiger partial charge in [0.25, 0.3) is 5.69 Å². The molecule has 218 valence electrons. The Morgan fingerprint density at radius 3 is 2.44 bits per heavy atom. The number of carbonyl (C=O) groups excluding carboxylic acids is 1. The van der Waals surface area contributed by atoms with E-state index in [0.29, 0.717) is 57.4 Å². The van der Waals surface area contributed by atoms with Crippen LogP contribution < -0.4 is 10.2 Å². The number of carbonyl (C=O) groups is 1. The van der Waals surface area contributed by atoms with E-state index in [-0.39, 0.29) is 36.2 Å². The van der Waals surface area contributed by atoms with Crippen molar-refractivity contribution in [3.05, 3.63) is 70.0 Å². The Morgan fingerprint density at radius 1 is 1.02 bits per heavy atom. The zero-order chi connectivity index (χ0) is 29.1. The van der Waals surface area contributed by atoms with E-state index in [4.69, 9.17) is 4.74 Å². The van der Waals surface area contributed by atoms with Crippen LogP contribution >= 0.6 is 0 Å². The molecule has 1 aliphatic heterocycles. The molecular weight excluding hydrogens is 546 g/mol. The third-order valence-electron chi connectivity index (χ3n) is 7.58. The number of amides is 1. The molecule has 1 aliphatic carbocycles. The summed E-state index contributed by atoms with van der Waals surface area (Å²) < 4.78 is 59.1. The van der Waals surface area contributed by atoms with Crippen LogP contribution in [0.25, 0.3) is 10.9 Å². The van der Waals surface area contributed by atoms with Gasteiger partial charge in [0, 0.05) is 49.4 Å². The van der Waals surface area contributed by atoms with Gasteiger partial charge in [0.15, 0.2) is 0 Å². The first-order valence-electron chi connectivity index (χ1n) is 13.4. The lowest BCUT2D eigenvalue weighted by atomic mass is 9.92. The average molecular weight is 576 g/mol. The Hall–Kier alpha value is -4.00. The minimum atomic E-state index is -4.83. The number of anilines is 2. The molecule has 13 heteroatoms. The van der Waals surface area contributed by atoms with Crippen LogP contribution in [0.15, 0.2) is 48.5 Å². The van der Waals surface area contributed by atoms with Gasteiger partial charge in [-0.1, -0.05) is 0 Å². The van der Waals surface area contributed by atoms with E-state index in [9.17, 15) is 32.5 Å². The SMILES string of the molecule is O=C(COC1CCC(Nc2ccc([N+](=O)[O-])c(C(F)(F)F)c2)CC1)N1CCN(c2ccc3cc(F)ccc3n2)CC1. The lowest BCUT2D eigenvalue weighted by Crippen LogP contribution is -2.50. The summed E-state index contributed by atoms with van der Waals surface area (Å²) in [6, 6.07) is 11.0. The van der Waals surface area contributed by atoms with Gasteiger partial charge in [0.2, 0.25) is 5.91 Å². The van der Waals surface area contributed by atoms with Crippen molar-refractivity contribution in [3.63, 3.8) is 0 Å². The van der Waals surface area contributed by atoms with Crippen molar-refractivity contribution in [2.45, 2.75) is 44.0 Å². The number of benzene rings is 2. The summed E-state index contributed by atoms with van der Waals surface area (Å²) in [5, 5.41) is 14.7. The highest BCUT2D eigenvalue weighted by Gasteiger charge is 2.38. The number of halogens is 4. The van der Waals surface area contributed by atoms with Crippen LogP contribution in [0.2, 0.25) is 0 Å². The van der Waals surface area contributed by atoms with E-state index >= 15 is 0 Å². The summed E-state index contributed by atoms with van der Waals surface area (Å²) in [6.07, 6.45) is -2.44. The molecule has 1 aromatic heterocycles. The second-order valence-corrected chi connectivity index (χ2v) is 10.3. The Kier molecular flexibility index (Phi) is 8.25. The number of pyridine rings is 1. The quantitative estimate of drug-likeness (QED) is 0.229. The molecule has 0 radical (unpaired) electrons. The largest absolute Gasteiger partial charge is 0.423 e. The third-order valence-corrected chi connectivity index (χ3v) is 7.58. The molecule has 0 spiro atoms. The molecule has 2 aromatic carbocycles. The molecule has 2 fully saturated rings. The maximum atomic E-state index is 13.4. The van der Waals surface area contributed by atoms with Gasteiger partial charge in [-0.25, -0.2) is 9.37 Å². The molecule has 1 amide bonds. The molecule has 9 nitrogen and oxygen atoms in total. The highest BCUT2D eigenvalue weighted by molar-refractivity contribution is 5.80. The number of alkyl halides is 3. The van der Waals surface area contributed by atoms with Gasteiger partial charge in [-0.15, -0.1) is 0 Å². The van der Waals surface area contributed by atoms with E-state index in [1.54, 1.807) is 11.0 Å². The van der Waals surface area contributed by atoms with Crippen molar-refractivity contribution >= 4 is 34.0 Å². The van der Waals surface area contributed by atoms with Crippen molar-refractivity contribution in [2.75, 3.05) is 43.0 Å². The summed E-state index contributed by atoms with van der Waals surface area (Å²) in [7, 11) is 0. The first kappa shape index (κ1) is 28.5. The molecule has 0 atom stereocenters. The van der Waals surface area contributed by atoms with Crippen molar-refractivity contribution in [2.24, 2.45) is 0 Å². The van der Waals surface area contributed by atoms with Gasteiger partial charge in [-0.3, -0.25) is 14.9 Å². The lowest BCUT2D eigenvalue weighted by molar-refractivity contribution is -0.388. The summed E-state index contributed by atoms with van der Waals surface area (Å²) >= 11 is 0. The minimum Gasteiger partial charge on any atom is -0.382 e. The number of ether oxygens (including phenoxy) is 1. The monoisotopic (exact) mass is 575 g/mol. The van der Waals surface area contributed by atoms with Gasteiger partial charge >= 0.3 is 6.18 Å². The number of nitrogens with one attached hydrogen (secondary N) is 1. The zero-order valence-corrected chi connectivity index (χ0v) is 22.1. The van der Waals surface area contributed by atoms with E-state index < -0.39 is 22.4 Å². The first-order chi connectivity index (χ1) is 19.6. The van der Waals surface area contributed by atoms with E-state index in [1.165, 1.54) is 18.2 Å². The van der Waals surface area contributed by atoms with Gasteiger partial charge in [0.05, 0.1) is 16.5 Å². The predicted octanol–water partition coefficient (Wildman–Crippen LogP) is 5.39. The Bertz CT molecular complexity index is 1420. The summed E-state index contributed by atoms with van der Waals surface area (Å²) in [4.78, 5) is 31.2. The van der Waals surface area contributed by atoms with Crippen LogP contribution in [-0.2, 0) is 15.7 Å². The fraction of sp³-hybridized carbons (Fsp3) is 0.429. The van der Waals surface area contributed by atoms with Crippen LogP contribution in [0.4, 0.5) is 34.8 Å². The number of hydrogen-bond acceptors (Lipinski definition) is 7. The molecule has 1 saturated carbocycles. The second-order valence-electron chi connectivity index (χ2n) is 10.3. The number of nitro benzene ring substituents is 1. The fourth-order valence-corrected chi connectivity index (χ4v) is 5.35. The first-order valence-corrected chi connectivity index (χ1v) is 13.4. The van der Waals surface area contributed by atoms with Crippen LogP contribution in [-0.4, -0.2) is 65.6 Å². The van der Waals surface area contributed by atoms with Crippen molar-refractivity contribution < 1.29 is 32.0 Å². The Balaban J connectivity index is 1.05. The third kappa shape index (κ3) is 6.84. The molecule has 1 N–H and O–H groups in total. The van der Waals surface area contributed by atoms with Gasteiger partial charge < -0.3 is 19.9 Å². The summed E-state index contributed by atoms with van der Waals surface area (Å²) in [5.41, 5.74) is -1.38. The summed E-state index contributed by atoms with van der Waals surface area (Å²) in [5.74, 6) is 0.370. The van der Waals surface area contributed by atoms with Crippen LogP contribution in [0, 0.1) is 15.9 Å². The van der Waals surface area contributed by atoms with Gasteiger partial charge in [-0.05, 0) is 68.1 Å². The average Bonchev–Trinajstić information content (AvgIpc) is 2.96. The molecule has 1 saturated heterocycles. The van der Waals surface area contributed by atoms with Crippen molar-refractivity contribution in [1.29, 1.82) is 0 Å². The second kappa shape index (κ2) is 11.9. The summed E-state index contributed by atoms with van der Waals surface area (Å²) in [6.45, 7) is 2.23. The van der Waals surface area contributed by atoms with Crippen molar-refractivity contribution in [3.8, 4) is 0 Å². The van der Waals surface area contributed by atoms with Crippen LogP contribution in [0.3, 0.4) is 0 Å². The molecular formula is C28H29F4N5O4. The number of nitrogens with zero attached hydrogens (tertiary/aromatic N) is 4. The van der Waals surface area contributed by atoms with E-state index in [0.717, 1.165) is 23.3 Å². The van der Waals surface area contributed by atoms with Gasteiger partial charge in [-0.2, -0.15) is 13.2 Å². The maximum Gasteiger partial charge on any atom is 0.423 e. The highest BCUT2D eigenvalue weighted by atomic mass is 19.4. The number of aromatic nitrogens is 1. The van der Waals surface area contributed by atoms with E-state index in [1.807, 2.05) is 12.1 Å². The predicted molar refractivity (Wildman–Crippen MR) is 144 cm³/mol. The molecule has 3 aromatic rings. The number of fused-ring (bicyclic) bond motifs is 1. The van der Waals surface area contributed by atoms with Crippen LogP contribution in [0.1, 0.15) is 31.2 Å². The maximum absolute atomic E-state index is 13.4. The topological polar surface area (TPSA) is 101 Å². The smallest absolute Gasteiger partial charge is 0.382 e. The molecule has 5 rings (SSSR count). The molecule has 0 bridgehead atoms.